The predicted molar refractivity (Wildman–Crippen MR) is 117 cm³/mol. The molecule has 29 heavy (non-hydrogen) atoms. The minimum absolute atomic E-state index is 0.287. The van der Waals surface area contributed by atoms with Gasteiger partial charge in [-0.25, -0.2) is 13.4 Å². The Bertz CT molecular complexity index is 1040. The number of nitrogens with zero attached hydrogens (tertiary/aromatic N) is 3. The largest absolute Gasteiger partial charge is 0.463 e. The van der Waals surface area contributed by atoms with E-state index in [4.69, 9.17) is 4.42 Å². The minimum Gasteiger partial charge on any atom is -0.463 e. The van der Waals surface area contributed by atoms with Gasteiger partial charge < -0.3 is 4.42 Å². The van der Waals surface area contributed by atoms with Gasteiger partial charge in [-0.1, -0.05) is 26.0 Å². The van der Waals surface area contributed by atoms with Crippen molar-refractivity contribution in [3.8, 4) is 11.3 Å². The van der Waals surface area contributed by atoms with Crippen molar-refractivity contribution in [2.45, 2.75) is 31.6 Å². The second-order valence-electron chi connectivity index (χ2n) is 6.36. The Morgan fingerprint density at radius 3 is 2.69 bits per heavy atom. The third kappa shape index (κ3) is 5.31. The van der Waals surface area contributed by atoms with Crippen LogP contribution in [0.15, 0.2) is 62.5 Å². The van der Waals surface area contributed by atoms with Gasteiger partial charge in [0, 0.05) is 24.0 Å². The normalized spacial score (nSPS) is 12.1. The second-order valence-corrected chi connectivity index (χ2v) is 9.15. The quantitative estimate of drug-likeness (QED) is 0.372. The average Bonchev–Trinajstić information content (AvgIpc) is 3.40. The van der Waals surface area contributed by atoms with Crippen LogP contribution < -0.4 is 5.43 Å². The molecule has 0 saturated carbocycles. The number of benzene rings is 1. The van der Waals surface area contributed by atoms with Crippen LogP contribution in [0.5, 0.6) is 0 Å². The summed E-state index contributed by atoms with van der Waals surface area (Å²) in [6.07, 6.45) is 4.69. The number of aromatic nitrogens is 1. The number of rotatable bonds is 10. The van der Waals surface area contributed by atoms with Crippen LogP contribution in [0, 0.1) is 0 Å². The van der Waals surface area contributed by atoms with E-state index in [1.165, 1.54) is 11.3 Å². The van der Waals surface area contributed by atoms with E-state index in [2.05, 4.69) is 15.5 Å². The Hall–Kier alpha value is -2.49. The molecule has 0 fully saturated rings. The van der Waals surface area contributed by atoms with Crippen molar-refractivity contribution >= 4 is 32.7 Å². The van der Waals surface area contributed by atoms with Gasteiger partial charge in [-0.2, -0.15) is 9.41 Å². The first-order chi connectivity index (χ1) is 14.0. The van der Waals surface area contributed by atoms with Crippen LogP contribution >= 0.6 is 11.3 Å². The molecule has 0 radical (unpaired) electrons. The number of hydrogen-bond acceptors (Lipinski definition) is 7. The van der Waals surface area contributed by atoms with Crippen molar-refractivity contribution in [1.82, 2.24) is 9.29 Å². The fourth-order valence-corrected chi connectivity index (χ4v) is 5.13. The standard InChI is InChI=1S/C20H24N4O3S2/c1-3-10-24(11-4-2)29(25,26)18-9-5-7-16(13-18)19-15-28-20(22-19)23-21-14-17-8-6-12-27-17/h5-9,12-15H,3-4,10-11H2,1-2H3,(H,22,23)/b21-14+. The summed E-state index contributed by atoms with van der Waals surface area (Å²) in [5, 5.41) is 6.56. The van der Waals surface area contributed by atoms with Gasteiger partial charge >= 0.3 is 0 Å². The van der Waals surface area contributed by atoms with Crippen molar-refractivity contribution in [3.63, 3.8) is 0 Å². The maximum atomic E-state index is 13.0. The summed E-state index contributed by atoms with van der Waals surface area (Å²) >= 11 is 1.39. The molecule has 154 valence electrons. The van der Waals surface area contributed by atoms with Gasteiger partial charge in [0.2, 0.25) is 15.2 Å². The van der Waals surface area contributed by atoms with Gasteiger partial charge in [0.25, 0.3) is 0 Å². The van der Waals surface area contributed by atoms with Crippen molar-refractivity contribution in [2.24, 2.45) is 5.10 Å². The zero-order valence-electron chi connectivity index (χ0n) is 16.4. The summed E-state index contributed by atoms with van der Waals surface area (Å²) in [7, 11) is -3.53. The second kappa shape index (κ2) is 9.82. The third-order valence-corrected chi connectivity index (χ3v) is 6.75. The highest BCUT2D eigenvalue weighted by molar-refractivity contribution is 7.89. The fourth-order valence-electron chi connectivity index (χ4n) is 2.79. The lowest BCUT2D eigenvalue weighted by Crippen LogP contribution is -2.32. The highest BCUT2D eigenvalue weighted by Gasteiger charge is 2.23. The van der Waals surface area contributed by atoms with Crippen LogP contribution in [0.25, 0.3) is 11.3 Å². The fraction of sp³-hybridized carbons (Fsp3) is 0.300. The van der Waals surface area contributed by atoms with Crippen LogP contribution in [-0.2, 0) is 10.0 Å². The number of hydrogen-bond donors (Lipinski definition) is 1. The third-order valence-electron chi connectivity index (χ3n) is 4.11. The molecule has 3 aromatic rings. The van der Waals surface area contributed by atoms with Crippen molar-refractivity contribution in [1.29, 1.82) is 0 Å². The first-order valence-corrected chi connectivity index (χ1v) is 11.7. The van der Waals surface area contributed by atoms with E-state index in [-0.39, 0.29) is 4.90 Å². The molecule has 0 spiro atoms. The molecule has 0 aliphatic carbocycles. The van der Waals surface area contributed by atoms with E-state index < -0.39 is 10.0 Å². The molecule has 0 unspecified atom stereocenters. The summed E-state index contributed by atoms with van der Waals surface area (Å²) < 4.78 is 32.8. The van der Waals surface area contributed by atoms with Gasteiger partial charge in [0.1, 0.15) is 5.76 Å². The number of nitrogens with one attached hydrogen (secondary N) is 1. The molecule has 0 atom stereocenters. The number of furan rings is 1. The first kappa shape index (κ1) is 21.2. The van der Waals surface area contributed by atoms with Crippen LogP contribution in [-0.4, -0.2) is 37.0 Å². The molecule has 0 aliphatic heterocycles. The van der Waals surface area contributed by atoms with Crippen LogP contribution in [0.2, 0.25) is 0 Å². The Kier molecular flexibility index (Phi) is 7.18. The highest BCUT2D eigenvalue weighted by atomic mass is 32.2. The number of hydrazone groups is 1. The molecule has 2 aromatic heterocycles. The van der Waals surface area contributed by atoms with Crippen molar-refractivity contribution < 1.29 is 12.8 Å². The van der Waals surface area contributed by atoms with Gasteiger partial charge in [-0.05, 0) is 37.1 Å². The zero-order chi connectivity index (χ0) is 20.7. The molecule has 9 heteroatoms. The molecule has 0 amide bonds. The van der Waals surface area contributed by atoms with Crippen LogP contribution in [0.4, 0.5) is 5.13 Å². The molecule has 0 aliphatic rings. The summed E-state index contributed by atoms with van der Waals surface area (Å²) in [5.41, 5.74) is 4.30. The average molecular weight is 433 g/mol. The highest BCUT2D eigenvalue weighted by Crippen LogP contribution is 2.27. The monoisotopic (exact) mass is 432 g/mol. The molecule has 2 heterocycles. The molecule has 0 bridgehead atoms. The molecule has 1 N–H and O–H groups in total. The van der Waals surface area contributed by atoms with Gasteiger partial charge in [0.15, 0.2) is 0 Å². The van der Waals surface area contributed by atoms with E-state index in [9.17, 15) is 8.42 Å². The molecular weight excluding hydrogens is 408 g/mol. The van der Waals surface area contributed by atoms with E-state index >= 15 is 0 Å². The van der Waals surface area contributed by atoms with E-state index in [1.54, 1.807) is 47.1 Å². The Morgan fingerprint density at radius 1 is 1.21 bits per heavy atom. The lowest BCUT2D eigenvalue weighted by molar-refractivity contribution is 0.410. The number of anilines is 1. The minimum atomic E-state index is -3.53. The smallest absolute Gasteiger partial charge is 0.243 e. The Morgan fingerprint density at radius 2 is 2.00 bits per heavy atom. The maximum absolute atomic E-state index is 13.0. The van der Waals surface area contributed by atoms with Crippen LogP contribution in [0.3, 0.4) is 0 Å². The van der Waals surface area contributed by atoms with Crippen molar-refractivity contribution in [2.75, 3.05) is 18.5 Å². The molecular formula is C20H24N4O3S2. The number of sulfonamides is 1. The van der Waals surface area contributed by atoms with E-state index in [1.807, 2.05) is 25.3 Å². The van der Waals surface area contributed by atoms with Gasteiger partial charge in [-0.3, -0.25) is 5.43 Å². The summed E-state index contributed by atoms with van der Waals surface area (Å²) in [6.45, 7) is 4.98. The summed E-state index contributed by atoms with van der Waals surface area (Å²) in [6, 6.07) is 10.5. The Labute approximate surface area is 175 Å². The van der Waals surface area contributed by atoms with Crippen molar-refractivity contribution in [3.05, 3.63) is 53.8 Å². The molecule has 7 nitrogen and oxygen atoms in total. The summed E-state index contributed by atoms with van der Waals surface area (Å²) in [5.74, 6) is 0.635. The maximum Gasteiger partial charge on any atom is 0.243 e. The first-order valence-electron chi connectivity index (χ1n) is 9.43. The van der Waals surface area contributed by atoms with Gasteiger partial charge in [0.05, 0.1) is 23.1 Å². The number of thiazole rings is 1. The molecule has 1 aromatic carbocycles. The lowest BCUT2D eigenvalue weighted by atomic mass is 10.2. The van der Waals surface area contributed by atoms with E-state index in [0.717, 1.165) is 18.4 Å². The predicted octanol–water partition coefficient (Wildman–Crippen LogP) is 4.66. The SMILES string of the molecule is CCCN(CCC)S(=O)(=O)c1cccc(-c2csc(N/N=C/c3ccco3)n2)c1. The lowest BCUT2D eigenvalue weighted by Gasteiger charge is -2.21. The Balaban J connectivity index is 1.78. The van der Waals surface area contributed by atoms with Crippen LogP contribution in [0.1, 0.15) is 32.4 Å². The summed E-state index contributed by atoms with van der Waals surface area (Å²) in [4.78, 5) is 4.78. The molecule has 0 saturated heterocycles. The zero-order valence-corrected chi connectivity index (χ0v) is 18.0. The van der Waals surface area contributed by atoms with E-state index in [0.29, 0.717) is 29.7 Å². The van der Waals surface area contributed by atoms with Gasteiger partial charge in [-0.15, -0.1) is 11.3 Å². The topological polar surface area (TPSA) is 87.8 Å². The molecule has 3 rings (SSSR count).